The summed E-state index contributed by atoms with van der Waals surface area (Å²) in [6.07, 6.45) is 2.03. The van der Waals surface area contributed by atoms with E-state index < -0.39 is 45.9 Å². The van der Waals surface area contributed by atoms with E-state index in [4.69, 9.17) is 4.98 Å². The third-order valence-electron chi connectivity index (χ3n) is 25.4. The molecule has 4 aliphatic rings. The topological polar surface area (TPSA) is 215 Å². The first-order valence-electron chi connectivity index (χ1n) is 38.3. The molecule has 14 aromatic carbocycles. The summed E-state index contributed by atoms with van der Waals surface area (Å²) in [7, 11) is 0. The number of carbonyl (C=O) groups is 4. The number of Topliss-reactive ketones (excluding diaryl/α,β-unsaturated/α-hetero) is 4. The van der Waals surface area contributed by atoms with Crippen LogP contribution in [0.3, 0.4) is 0 Å². The summed E-state index contributed by atoms with van der Waals surface area (Å²) in [6.45, 7) is 0. The summed E-state index contributed by atoms with van der Waals surface area (Å²) in [6, 6.07) is 87.7. The zero-order chi connectivity index (χ0) is 76.1. The molecule has 4 aliphatic carbocycles. The molecule has 0 radical (unpaired) electrons. The molecule has 19 aromatic rings. The summed E-state index contributed by atoms with van der Waals surface area (Å²) in [5.74, 6) is -4.57. The second-order valence-electron chi connectivity index (χ2n) is 30.8. The number of hydrogen-bond donors (Lipinski definition) is 2. The lowest BCUT2D eigenvalue weighted by Gasteiger charge is -2.56. The lowest BCUT2D eigenvalue weighted by molar-refractivity contribution is -0.166. The van der Waals surface area contributed by atoms with Crippen LogP contribution in [-0.2, 0) is 19.2 Å². The molecule has 4 fully saturated rings. The molecule has 23 rings (SSSR count). The van der Waals surface area contributed by atoms with E-state index >= 15 is 0 Å². The predicted octanol–water partition coefficient (Wildman–Crippen LogP) is 17.5. The minimum atomic E-state index is -1.10. The number of rotatable bonds is 8. The second kappa shape index (κ2) is 24.6. The molecule has 5 heterocycles. The number of imidazole rings is 1. The molecular formula is C97H64N6O10. The number of fused-ring (bicyclic) bond motifs is 9. The Morgan fingerprint density at radius 1 is 0.274 bits per heavy atom. The molecule has 4 saturated carbocycles. The Balaban J connectivity index is 0.000000138. The van der Waals surface area contributed by atoms with Gasteiger partial charge in [-0.2, -0.15) is 0 Å². The first kappa shape index (κ1) is 65.8. The number of ketones is 4. The fourth-order valence-corrected chi connectivity index (χ4v) is 20.7. The lowest BCUT2D eigenvalue weighted by Crippen LogP contribution is -2.61. The Kier molecular flexibility index (Phi) is 14.3. The maximum absolute atomic E-state index is 14.8. The number of phenolic OH excluding ortho intramolecular Hbond substituents is 2. The second-order valence-corrected chi connectivity index (χ2v) is 30.8. The summed E-state index contributed by atoms with van der Waals surface area (Å²) in [4.78, 5) is 121. The Morgan fingerprint density at radius 3 is 1.15 bits per heavy atom. The molecule has 16 heteroatoms. The van der Waals surface area contributed by atoms with Gasteiger partial charge >= 0.3 is 0 Å². The van der Waals surface area contributed by atoms with Crippen molar-refractivity contribution < 1.29 is 29.4 Å². The minimum Gasteiger partial charge on any atom is -0.505 e. The molecule has 0 bridgehead atoms. The molecule has 542 valence electrons. The highest BCUT2D eigenvalue weighted by Crippen LogP contribution is 2.61. The predicted molar refractivity (Wildman–Crippen MR) is 441 cm³/mol. The fourth-order valence-electron chi connectivity index (χ4n) is 20.7. The highest BCUT2D eigenvalue weighted by atomic mass is 16.3. The van der Waals surface area contributed by atoms with E-state index in [1.807, 2.05) is 185 Å². The highest BCUT2D eigenvalue weighted by molar-refractivity contribution is 6.26. The molecule has 2 N–H and O–H groups in total. The molecule has 5 aromatic heterocycles. The Labute approximate surface area is 641 Å². The van der Waals surface area contributed by atoms with Gasteiger partial charge in [-0.25, -0.2) is 14.1 Å². The van der Waals surface area contributed by atoms with Crippen LogP contribution in [0.25, 0.3) is 148 Å². The Morgan fingerprint density at radius 2 is 0.637 bits per heavy atom. The van der Waals surface area contributed by atoms with Crippen LogP contribution in [-0.4, -0.2) is 61.2 Å². The van der Waals surface area contributed by atoms with E-state index in [9.17, 15) is 48.6 Å². The van der Waals surface area contributed by atoms with Gasteiger partial charge in [-0.1, -0.05) is 200 Å². The van der Waals surface area contributed by atoms with Crippen molar-refractivity contribution >= 4 is 132 Å². The number of benzene rings is 14. The number of aromatic nitrogens is 6. The standard InChI is InChI=1S/C50H37NO5.C47H27N5O5/c52-46-32(11-6-14-39(46)51-37-12-3-1-9-28(37)29-10-2-4-13-38(29)51)45-49(55)35-23-21-33-42-34(22-24-36(43(35)42)50(45)56)48(54)44(47(33)53)31-20-18-27-16-15-25-7-5-8-26-17-19-30(31)41(27)40(25)26;53-42-40(50-37-20-9-6-17-34(37)48-43(50)27-13-2-1-3-14-27)23-12-24-41(42)52-46(56)32-25-30-31(26-33(32)47(52)57)45(55)51(44(30)54)39-22-11-10-21-38(39)49-35-18-7-4-15-28(35)29-16-5-8-19-36(29)49/h1-20,33-36,42-45,52H,21-24H2;1-26,53H. The zero-order valence-corrected chi connectivity index (χ0v) is 60.3. The third-order valence-corrected chi connectivity index (χ3v) is 25.4. The molecule has 0 saturated heterocycles. The summed E-state index contributed by atoms with van der Waals surface area (Å²) >= 11 is 0. The summed E-state index contributed by atoms with van der Waals surface area (Å²) in [5.41, 5.74) is 6.05. The maximum atomic E-state index is 14.8. The van der Waals surface area contributed by atoms with Crippen LogP contribution in [0.2, 0.25) is 0 Å². The van der Waals surface area contributed by atoms with Crippen LogP contribution >= 0.6 is 0 Å². The fraction of sp³-hybridized carbons (Fsp3) is 0.124. The number of carbonyl (C=O) groups excluding carboxylic acids is 4. The van der Waals surface area contributed by atoms with Gasteiger partial charge in [-0.15, -0.1) is 0 Å². The number of nitrogens with zero attached hydrogens (tertiary/aromatic N) is 6. The van der Waals surface area contributed by atoms with Crippen LogP contribution < -0.4 is 22.2 Å². The van der Waals surface area contributed by atoms with Gasteiger partial charge in [0.2, 0.25) is 0 Å². The van der Waals surface area contributed by atoms with Crippen molar-refractivity contribution in [2.75, 3.05) is 0 Å². The smallest absolute Gasteiger partial charge is 0.266 e. The minimum absolute atomic E-state index is 0.00846. The van der Waals surface area contributed by atoms with Gasteiger partial charge < -0.3 is 19.3 Å². The number of hydrogen-bond acceptors (Lipinski definition) is 11. The van der Waals surface area contributed by atoms with Gasteiger partial charge in [0, 0.05) is 56.3 Å². The average Bonchev–Trinajstić information content (AvgIpc) is 1.00. The van der Waals surface area contributed by atoms with Crippen molar-refractivity contribution in [2.45, 2.75) is 37.5 Å². The normalized spacial score (nSPS) is 19.6. The van der Waals surface area contributed by atoms with E-state index in [1.54, 1.807) is 34.9 Å². The number of phenols is 2. The van der Waals surface area contributed by atoms with Crippen LogP contribution in [0, 0.1) is 35.5 Å². The molecule has 0 aliphatic heterocycles. The van der Waals surface area contributed by atoms with Crippen molar-refractivity contribution in [3.05, 3.63) is 332 Å². The molecule has 0 amide bonds. The van der Waals surface area contributed by atoms with E-state index in [0.29, 0.717) is 70.9 Å². The van der Waals surface area contributed by atoms with Crippen molar-refractivity contribution in [2.24, 2.45) is 35.5 Å². The van der Waals surface area contributed by atoms with Crippen molar-refractivity contribution in [1.29, 1.82) is 0 Å². The largest absolute Gasteiger partial charge is 0.505 e. The average molecular weight is 1470 g/mol. The first-order valence-corrected chi connectivity index (χ1v) is 38.3. The van der Waals surface area contributed by atoms with Gasteiger partial charge in [0.15, 0.2) is 28.9 Å². The quantitative estimate of drug-likeness (QED) is 0.108. The van der Waals surface area contributed by atoms with Crippen molar-refractivity contribution in [1.82, 2.24) is 27.8 Å². The van der Waals surface area contributed by atoms with Crippen LogP contribution in [0.5, 0.6) is 11.5 Å². The molecule has 4 unspecified atom stereocenters. The highest BCUT2D eigenvalue weighted by Gasteiger charge is 2.64. The SMILES string of the molecule is O=C1C(c2cccc(-n3c4ccccc4c4ccccc43)c2O)C(=O)C2CCC3C(=O)C(c4ccc5ccc6cccc7ccc4c5c67)C(=O)C4CCC1C2C43.O=c1c2cc3c(=O)n(-c4cccc(-n5c(-c6ccccc6)nc6ccccc65)c4O)c(=O)c3cc2c(=O)n1-c1ccccc1-n1c2ccccc2c2ccccc21. The number of aromatic hydroxyl groups is 2. The molecule has 4 atom stereocenters. The van der Waals surface area contributed by atoms with Gasteiger partial charge in [-0.05, 0) is 154 Å². The molecular weight excluding hydrogens is 1410 g/mol. The van der Waals surface area contributed by atoms with Crippen LogP contribution in [0.1, 0.15) is 48.6 Å². The molecule has 113 heavy (non-hydrogen) atoms. The number of para-hydroxylation sites is 10. The first-order chi connectivity index (χ1) is 55.3. The van der Waals surface area contributed by atoms with Crippen LogP contribution in [0.4, 0.5) is 0 Å². The van der Waals surface area contributed by atoms with Gasteiger partial charge in [0.25, 0.3) is 22.2 Å². The Bertz CT molecular complexity index is 7390. The Hall–Kier alpha value is -14.3. The van der Waals surface area contributed by atoms with Gasteiger partial charge in [0.05, 0.1) is 83.1 Å². The molecule has 0 spiro atoms. The summed E-state index contributed by atoms with van der Waals surface area (Å²) in [5, 5.41) is 34.6. The van der Waals surface area contributed by atoms with E-state index in [0.717, 1.165) is 96.2 Å². The monoisotopic (exact) mass is 1470 g/mol. The third kappa shape index (κ3) is 9.28. The summed E-state index contributed by atoms with van der Waals surface area (Å²) < 4.78 is 7.84. The van der Waals surface area contributed by atoms with E-state index in [1.165, 1.54) is 18.2 Å². The van der Waals surface area contributed by atoms with Crippen LogP contribution in [0.15, 0.2) is 298 Å². The van der Waals surface area contributed by atoms with E-state index in [2.05, 4.69) is 54.6 Å². The van der Waals surface area contributed by atoms with Crippen molar-refractivity contribution in [3.63, 3.8) is 0 Å². The maximum Gasteiger partial charge on any atom is 0.266 e. The molecule has 16 nitrogen and oxygen atoms in total. The van der Waals surface area contributed by atoms with Crippen molar-refractivity contribution in [3.8, 4) is 51.3 Å². The lowest BCUT2D eigenvalue weighted by atomic mass is 9.44. The zero-order valence-electron chi connectivity index (χ0n) is 60.3. The van der Waals surface area contributed by atoms with E-state index in [-0.39, 0.29) is 85.5 Å². The van der Waals surface area contributed by atoms with Gasteiger partial charge in [-0.3, -0.25) is 42.9 Å². The van der Waals surface area contributed by atoms with Gasteiger partial charge in [0.1, 0.15) is 23.4 Å².